The molecule has 0 amide bonds. The van der Waals surface area contributed by atoms with Crippen molar-refractivity contribution in [3.8, 4) is 11.1 Å². The number of rotatable bonds is 2. The summed E-state index contributed by atoms with van der Waals surface area (Å²) in [7, 11) is 1.93. The van der Waals surface area contributed by atoms with E-state index >= 15 is 0 Å². The summed E-state index contributed by atoms with van der Waals surface area (Å²) in [6.07, 6.45) is 1.73. The molecule has 0 saturated carbocycles. The van der Waals surface area contributed by atoms with Gasteiger partial charge in [-0.2, -0.15) is 0 Å². The zero-order valence-electron chi connectivity index (χ0n) is 10.5. The van der Waals surface area contributed by atoms with Crippen LogP contribution in [-0.2, 0) is 0 Å². The molecule has 0 radical (unpaired) electrons. The highest BCUT2D eigenvalue weighted by molar-refractivity contribution is 5.97. The van der Waals surface area contributed by atoms with E-state index < -0.39 is 0 Å². The second kappa shape index (κ2) is 4.18. The zero-order chi connectivity index (χ0) is 12.5. The van der Waals surface area contributed by atoms with Gasteiger partial charge in [0.2, 0.25) is 0 Å². The fourth-order valence-corrected chi connectivity index (χ4v) is 2.23. The Morgan fingerprint density at radius 1 is 1.06 bits per heavy atom. The highest BCUT2D eigenvalue weighted by Gasteiger charge is 2.09. The summed E-state index contributed by atoms with van der Waals surface area (Å²) in [6.45, 7) is 2.10. The Hall–Kier alpha value is -2.29. The number of H-pyrrole nitrogens is 1. The van der Waals surface area contributed by atoms with Gasteiger partial charge >= 0.3 is 0 Å². The fourth-order valence-electron chi connectivity index (χ4n) is 2.23. The van der Waals surface area contributed by atoms with Crippen LogP contribution >= 0.6 is 0 Å². The van der Waals surface area contributed by atoms with Crippen LogP contribution in [-0.4, -0.2) is 17.0 Å². The van der Waals surface area contributed by atoms with Crippen molar-refractivity contribution >= 4 is 16.7 Å². The Bertz CT molecular complexity index is 681. The molecule has 1 heterocycles. The third-order valence-electron chi connectivity index (χ3n) is 3.20. The van der Waals surface area contributed by atoms with E-state index in [9.17, 15) is 0 Å². The van der Waals surface area contributed by atoms with E-state index in [-0.39, 0.29) is 0 Å². The maximum Gasteiger partial charge on any atom is 0.112 e. The first-order valence-corrected chi connectivity index (χ1v) is 6.00. The predicted octanol–water partition coefficient (Wildman–Crippen LogP) is 3.58. The van der Waals surface area contributed by atoms with Crippen molar-refractivity contribution in [2.45, 2.75) is 6.92 Å². The third kappa shape index (κ3) is 1.64. The summed E-state index contributed by atoms with van der Waals surface area (Å²) >= 11 is 0. The first kappa shape index (κ1) is 10.8. The largest absolute Gasteiger partial charge is 0.386 e. The highest BCUT2D eigenvalue weighted by Crippen LogP contribution is 2.33. The lowest BCUT2D eigenvalue weighted by molar-refractivity contribution is 1.34. The molecule has 0 bridgehead atoms. The van der Waals surface area contributed by atoms with Crippen molar-refractivity contribution in [3.05, 3.63) is 48.3 Å². The van der Waals surface area contributed by atoms with Crippen LogP contribution in [0.2, 0.25) is 0 Å². The maximum absolute atomic E-state index is 4.38. The Labute approximate surface area is 106 Å². The van der Waals surface area contributed by atoms with Crippen molar-refractivity contribution < 1.29 is 0 Å². The minimum Gasteiger partial charge on any atom is -0.386 e. The summed E-state index contributed by atoms with van der Waals surface area (Å²) in [5.74, 6) is 0. The minimum atomic E-state index is 0.982. The Kier molecular flexibility index (Phi) is 2.52. The first-order valence-electron chi connectivity index (χ1n) is 6.00. The highest BCUT2D eigenvalue weighted by atomic mass is 14.9. The van der Waals surface area contributed by atoms with Gasteiger partial charge in [-0.05, 0) is 18.6 Å². The van der Waals surface area contributed by atoms with Crippen molar-refractivity contribution in [1.29, 1.82) is 0 Å². The molecule has 18 heavy (non-hydrogen) atoms. The van der Waals surface area contributed by atoms with Gasteiger partial charge in [0.25, 0.3) is 0 Å². The molecule has 0 aliphatic carbocycles. The molecule has 2 aromatic carbocycles. The molecular weight excluding hydrogens is 222 g/mol. The molecule has 0 unspecified atom stereocenters. The average Bonchev–Trinajstić information content (AvgIpc) is 2.87. The van der Waals surface area contributed by atoms with Crippen LogP contribution in [0.1, 0.15) is 5.56 Å². The van der Waals surface area contributed by atoms with E-state index in [2.05, 4.69) is 58.6 Å². The third-order valence-corrected chi connectivity index (χ3v) is 3.20. The molecule has 0 atom stereocenters. The number of nitrogens with zero attached hydrogens (tertiary/aromatic N) is 1. The lowest BCUT2D eigenvalue weighted by Crippen LogP contribution is -1.93. The standard InChI is InChI=1S/C15H15N3/c1-10-3-5-11(6-4-10)12-7-8-13-15(14(12)16-2)18-9-17-13/h3-9,16H,1-2H3,(H,17,18). The van der Waals surface area contributed by atoms with Gasteiger partial charge in [0.1, 0.15) is 5.52 Å². The zero-order valence-corrected chi connectivity index (χ0v) is 10.5. The number of hydrogen-bond donors (Lipinski definition) is 2. The average molecular weight is 237 g/mol. The van der Waals surface area contributed by atoms with Gasteiger partial charge in [0, 0.05) is 12.6 Å². The van der Waals surface area contributed by atoms with Crippen LogP contribution in [0.25, 0.3) is 22.2 Å². The lowest BCUT2D eigenvalue weighted by Gasteiger charge is -2.10. The van der Waals surface area contributed by atoms with Crippen LogP contribution in [0.4, 0.5) is 5.69 Å². The second-order valence-corrected chi connectivity index (χ2v) is 4.40. The number of imidazole rings is 1. The number of aryl methyl sites for hydroxylation is 1. The number of nitrogens with one attached hydrogen (secondary N) is 2. The normalized spacial score (nSPS) is 10.8. The molecule has 0 spiro atoms. The van der Waals surface area contributed by atoms with E-state index in [1.165, 1.54) is 16.7 Å². The number of aromatic amines is 1. The molecule has 3 nitrogen and oxygen atoms in total. The van der Waals surface area contributed by atoms with Gasteiger partial charge < -0.3 is 10.3 Å². The molecule has 3 rings (SSSR count). The summed E-state index contributed by atoms with van der Waals surface area (Å²) in [5.41, 5.74) is 6.75. The molecule has 0 aliphatic rings. The van der Waals surface area contributed by atoms with Crippen molar-refractivity contribution in [2.75, 3.05) is 12.4 Å². The van der Waals surface area contributed by atoms with E-state index in [0.29, 0.717) is 0 Å². The van der Waals surface area contributed by atoms with Gasteiger partial charge in [0.05, 0.1) is 17.5 Å². The molecule has 90 valence electrons. The van der Waals surface area contributed by atoms with Crippen LogP contribution < -0.4 is 5.32 Å². The van der Waals surface area contributed by atoms with E-state index in [4.69, 9.17) is 0 Å². The summed E-state index contributed by atoms with van der Waals surface area (Å²) in [5, 5.41) is 3.26. The van der Waals surface area contributed by atoms with Crippen LogP contribution in [0.5, 0.6) is 0 Å². The maximum atomic E-state index is 4.38. The second-order valence-electron chi connectivity index (χ2n) is 4.40. The van der Waals surface area contributed by atoms with Crippen LogP contribution in [0.3, 0.4) is 0 Å². The summed E-state index contributed by atoms with van der Waals surface area (Å²) in [6, 6.07) is 12.7. The smallest absolute Gasteiger partial charge is 0.112 e. The van der Waals surface area contributed by atoms with Crippen LogP contribution in [0.15, 0.2) is 42.7 Å². The van der Waals surface area contributed by atoms with Gasteiger partial charge in [-0.25, -0.2) is 4.98 Å². The van der Waals surface area contributed by atoms with E-state index in [1.54, 1.807) is 6.33 Å². The van der Waals surface area contributed by atoms with Gasteiger partial charge in [-0.15, -0.1) is 0 Å². The lowest BCUT2D eigenvalue weighted by atomic mass is 10.0. The molecule has 2 N–H and O–H groups in total. The summed E-state index contributed by atoms with van der Waals surface area (Å²) in [4.78, 5) is 7.51. The molecule has 1 aromatic heterocycles. The molecule has 3 heteroatoms. The van der Waals surface area contributed by atoms with Crippen LogP contribution in [0, 0.1) is 6.92 Å². The van der Waals surface area contributed by atoms with E-state index in [1.807, 2.05) is 7.05 Å². The Morgan fingerprint density at radius 3 is 2.56 bits per heavy atom. The monoisotopic (exact) mass is 237 g/mol. The number of fused-ring (bicyclic) bond motifs is 1. The van der Waals surface area contributed by atoms with Gasteiger partial charge in [-0.3, -0.25) is 0 Å². The molecule has 3 aromatic rings. The van der Waals surface area contributed by atoms with E-state index in [0.717, 1.165) is 16.7 Å². The van der Waals surface area contributed by atoms with Crippen molar-refractivity contribution in [1.82, 2.24) is 9.97 Å². The number of aromatic nitrogens is 2. The van der Waals surface area contributed by atoms with Crippen molar-refractivity contribution in [3.63, 3.8) is 0 Å². The Balaban J connectivity index is 2.24. The quantitative estimate of drug-likeness (QED) is 0.715. The van der Waals surface area contributed by atoms with Gasteiger partial charge in [0.15, 0.2) is 0 Å². The number of hydrogen-bond acceptors (Lipinski definition) is 2. The topological polar surface area (TPSA) is 40.7 Å². The molecule has 0 fully saturated rings. The predicted molar refractivity (Wildman–Crippen MR) is 75.8 cm³/mol. The Morgan fingerprint density at radius 2 is 1.83 bits per heavy atom. The fraction of sp³-hybridized carbons (Fsp3) is 0.133. The summed E-state index contributed by atoms with van der Waals surface area (Å²) < 4.78 is 0. The van der Waals surface area contributed by atoms with Gasteiger partial charge in [-0.1, -0.05) is 35.9 Å². The first-order chi connectivity index (χ1) is 8.79. The number of anilines is 1. The minimum absolute atomic E-state index is 0.982. The number of benzene rings is 2. The molecule has 0 aliphatic heterocycles. The molecule has 0 saturated heterocycles. The van der Waals surface area contributed by atoms with Crippen molar-refractivity contribution in [2.24, 2.45) is 0 Å². The molecular formula is C15H15N3. The SMILES string of the molecule is CNc1c(-c2ccc(C)cc2)ccc2[nH]cnc12.